The van der Waals surface area contributed by atoms with Crippen LogP contribution >= 0.6 is 15.9 Å². The van der Waals surface area contributed by atoms with Crippen LogP contribution in [-0.2, 0) is 13.0 Å². The van der Waals surface area contributed by atoms with Crippen molar-refractivity contribution < 1.29 is 4.42 Å². The van der Waals surface area contributed by atoms with Crippen molar-refractivity contribution in [2.24, 2.45) is 0 Å². The molecule has 0 radical (unpaired) electrons. The van der Waals surface area contributed by atoms with Crippen molar-refractivity contribution in [3.05, 3.63) is 40.3 Å². The van der Waals surface area contributed by atoms with E-state index in [-0.39, 0.29) is 0 Å². The van der Waals surface area contributed by atoms with Gasteiger partial charge in [0, 0.05) is 10.0 Å². The van der Waals surface area contributed by atoms with Crippen molar-refractivity contribution in [3.8, 4) is 11.5 Å². The van der Waals surface area contributed by atoms with Gasteiger partial charge < -0.3 is 10.2 Å². The Hall–Kier alpha value is -2.22. The highest BCUT2D eigenvalue weighted by molar-refractivity contribution is 9.10. The third-order valence-corrected chi connectivity index (χ3v) is 3.57. The van der Waals surface area contributed by atoms with E-state index in [0.29, 0.717) is 24.1 Å². The van der Waals surface area contributed by atoms with Gasteiger partial charge in [0.2, 0.25) is 11.8 Å². The standard InChI is InChI=1S/C13H13BrN6O/c1-2-10-12(15)17-19-20(10)7-11-16-18-13(21-11)8-3-5-9(14)6-4-8/h3-6H,2,7,15H2,1H3. The highest BCUT2D eigenvalue weighted by atomic mass is 79.9. The first kappa shape index (κ1) is 13.7. The molecule has 0 saturated heterocycles. The summed E-state index contributed by atoms with van der Waals surface area (Å²) in [5.74, 6) is 1.38. The topological polar surface area (TPSA) is 95.7 Å². The van der Waals surface area contributed by atoms with Gasteiger partial charge in [0.15, 0.2) is 5.82 Å². The van der Waals surface area contributed by atoms with Gasteiger partial charge in [0.1, 0.15) is 6.54 Å². The van der Waals surface area contributed by atoms with Gasteiger partial charge >= 0.3 is 0 Å². The number of halogens is 1. The van der Waals surface area contributed by atoms with Crippen molar-refractivity contribution in [3.63, 3.8) is 0 Å². The van der Waals surface area contributed by atoms with E-state index in [4.69, 9.17) is 10.2 Å². The molecule has 0 saturated carbocycles. The number of rotatable bonds is 4. The van der Waals surface area contributed by atoms with Crippen molar-refractivity contribution in [1.29, 1.82) is 0 Å². The monoisotopic (exact) mass is 348 g/mol. The Morgan fingerprint density at radius 1 is 1.19 bits per heavy atom. The third-order valence-electron chi connectivity index (χ3n) is 3.05. The Bertz CT molecular complexity index is 748. The second kappa shape index (κ2) is 5.65. The molecule has 0 atom stereocenters. The van der Waals surface area contributed by atoms with E-state index in [0.717, 1.165) is 22.2 Å². The maximum atomic E-state index is 5.75. The number of hydrogen-bond donors (Lipinski definition) is 1. The Kier molecular flexibility index (Phi) is 3.70. The maximum absolute atomic E-state index is 5.75. The molecule has 21 heavy (non-hydrogen) atoms. The van der Waals surface area contributed by atoms with Crippen molar-refractivity contribution in [2.75, 3.05) is 5.73 Å². The largest absolute Gasteiger partial charge is 0.419 e. The molecular formula is C13H13BrN6O. The lowest BCUT2D eigenvalue weighted by atomic mass is 10.2. The summed E-state index contributed by atoms with van der Waals surface area (Å²) in [5.41, 5.74) is 7.48. The molecule has 0 aliphatic carbocycles. The van der Waals surface area contributed by atoms with Crippen LogP contribution in [-0.4, -0.2) is 25.2 Å². The van der Waals surface area contributed by atoms with Gasteiger partial charge in [-0.25, -0.2) is 4.68 Å². The molecule has 0 aliphatic rings. The third kappa shape index (κ3) is 2.80. The minimum atomic E-state index is 0.358. The highest BCUT2D eigenvalue weighted by Crippen LogP contribution is 2.21. The van der Waals surface area contributed by atoms with Crippen LogP contribution < -0.4 is 5.73 Å². The zero-order valence-corrected chi connectivity index (χ0v) is 12.9. The van der Waals surface area contributed by atoms with Crippen LogP contribution in [0, 0.1) is 0 Å². The molecule has 3 rings (SSSR count). The molecule has 2 heterocycles. The van der Waals surface area contributed by atoms with E-state index >= 15 is 0 Å². The molecule has 0 bridgehead atoms. The molecule has 108 valence electrons. The second-order valence-electron chi connectivity index (χ2n) is 4.44. The summed E-state index contributed by atoms with van der Waals surface area (Å²) in [4.78, 5) is 0. The summed E-state index contributed by atoms with van der Waals surface area (Å²) in [6, 6.07) is 7.66. The second-order valence-corrected chi connectivity index (χ2v) is 5.36. The molecule has 0 spiro atoms. The summed E-state index contributed by atoms with van der Waals surface area (Å²) in [7, 11) is 0. The molecule has 1 aromatic carbocycles. The lowest BCUT2D eigenvalue weighted by Gasteiger charge is -2.00. The van der Waals surface area contributed by atoms with E-state index in [1.54, 1.807) is 4.68 Å². The molecule has 0 amide bonds. The van der Waals surface area contributed by atoms with Crippen LogP contribution in [0.2, 0.25) is 0 Å². The lowest BCUT2D eigenvalue weighted by molar-refractivity contribution is 0.463. The van der Waals surface area contributed by atoms with Gasteiger partial charge in [-0.3, -0.25) is 0 Å². The first-order chi connectivity index (χ1) is 10.2. The molecule has 0 fully saturated rings. The Labute approximate surface area is 129 Å². The van der Waals surface area contributed by atoms with Crippen molar-refractivity contribution >= 4 is 21.7 Å². The van der Waals surface area contributed by atoms with Crippen molar-refractivity contribution in [2.45, 2.75) is 19.9 Å². The fourth-order valence-corrected chi connectivity index (χ4v) is 2.26. The number of benzene rings is 1. The molecule has 8 heteroatoms. The van der Waals surface area contributed by atoms with Crippen LogP contribution in [0.25, 0.3) is 11.5 Å². The fourth-order valence-electron chi connectivity index (χ4n) is 1.99. The quantitative estimate of drug-likeness (QED) is 0.776. The zero-order valence-electron chi connectivity index (χ0n) is 11.3. The van der Waals surface area contributed by atoms with Crippen LogP contribution in [0.4, 0.5) is 5.82 Å². The van der Waals surface area contributed by atoms with Crippen LogP contribution in [0.15, 0.2) is 33.2 Å². The molecule has 3 aromatic rings. The number of anilines is 1. The SMILES string of the molecule is CCc1c(N)nnn1Cc1nnc(-c2ccc(Br)cc2)o1. The van der Waals surface area contributed by atoms with Crippen LogP contribution in [0.1, 0.15) is 18.5 Å². The van der Waals surface area contributed by atoms with E-state index in [1.807, 2.05) is 31.2 Å². The van der Waals surface area contributed by atoms with E-state index in [2.05, 4.69) is 36.4 Å². The smallest absolute Gasteiger partial charge is 0.247 e. The normalized spacial score (nSPS) is 11.0. The van der Waals surface area contributed by atoms with E-state index in [9.17, 15) is 0 Å². The first-order valence-electron chi connectivity index (χ1n) is 6.43. The number of nitrogens with two attached hydrogens (primary N) is 1. The van der Waals surface area contributed by atoms with Gasteiger partial charge in [-0.2, -0.15) is 0 Å². The minimum absolute atomic E-state index is 0.358. The predicted molar refractivity (Wildman–Crippen MR) is 80.3 cm³/mol. The zero-order chi connectivity index (χ0) is 14.8. The number of nitrogens with zero attached hydrogens (tertiary/aromatic N) is 5. The molecular weight excluding hydrogens is 336 g/mol. The first-order valence-corrected chi connectivity index (χ1v) is 7.23. The Morgan fingerprint density at radius 2 is 1.95 bits per heavy atom. The lowest BCUT2D eigenvalue weighted by Crippen LogP contribution is -2.07. The summed E-state index contributed by atoms with van der Waals surface area (Å²) in [6.45, 7) is 2.35. The van der Waals surface area contributed by atoms with E-state index in [1.165, 1.54) is 0 Å². The molecule has 2 N–H and O–H groups in total. The van der Waals surface area contributed by atoms with Crippen molar-refractivity contribution in [1.82, 2.24) is 25.2 Å². The molecule has 2 aromatic heterocycles. The van der Waals surface area contributed by atoms with Gasteiger partial charge in [-0.15, -0.1) is 15.3 Å². The maximum Gasteiger partial charge on any atom is 0.247 e. The van der Waals surface area contributed by atoms with Gasteiger partial charge in [-0.1, -0.05) is 28.1 Å². The van der Waals surface area contributed by atoms with E-state index < -0.39 is 0 Å². The van der Waals surface area contributed by atoms with Gasteiger partial charge in [0.25, 0.3) is 0 Å². The predicted octanol–water partition coefficient (Wildman–Crippen LogP) is 2.28. The summed E-state index contributed by atoms with van der Waals surface area (Å²) in [5, 5.41) is 15.9. The van der Waals surface area contributed by atoms with Crippen LogP contribution in [0.5, 0.6) is 0 Å². The number of nitrogen functional groups attached to an aromatic ring is 1. The minimum Gasteiger partial charge on any atom is -0.419 e. The molecule has 0 unspecified atom stereocenters. The number of aromatic nitrogens is 5. The Balaban J connectivity index is 1.83. The molecule has 7 nitrogen and oxygen atoms in total. The average molecular weight is 349 g/mol. The van der Waals surface area contributed by atoms with Crippen LogP contribution in [0.3, 0.4) is 0 Å². The summed E-state index contributed by atoms with van der Waals surface area (Å²) < 4.78 is 8.33. The fraction of sp³-hybridized carbons (Fsp3) is 0.231. The Morgan fingerprint density at radius 3 is 2.67 bits per heavy atom. The average Bonchev–Trinajstić information content (AvgIpc) is 3.07. The highest BCUT2D eigenvalue weighted by Gasteiger charge is 2.13. The van der Waals surface area contributed by atoms with Gasteiger partial charge in [0.05, 0.1) is 5.69 Å². The van der Waals surface area contributed by atoms with Gasteiger partial charge in [-0.05, 0) is 30.7 Å². The molecule has 0 aliphatic heterocycles. The summed E-state index contributed by atoms with van der Waals surface area (Å²) >= 11 is 3.39. The number of hydrogen-bond acceptors (Lipinski definition) is 6. The summed E-state index contributed by atoms with van der Waals surface area (Å²) in [6.07, 6.45) is 0.743.